The van der Waals surface area contributed by atoms with Crippen LogP contribution in [0.2, 0.25) is 0 Å². The zero-order valence-electron chi connectivity index (χ0n) is 10.2. The highest BCUT2D eigenvalue weighted by molar-refractivity contribution is 5.23. The average molecular weight is 205 g/mol. The summed E-state index contributed by atoms with van der Waals surface area (Å²) in [6, 6.07) is 0. The maximum atomic E-state index is 4.03. The first-order valence-electron chi connectivity index (χ1n) is 5.52. The van der Waals surface area contributed by atoms with Crippen LogP contribution in [-0.4, -0.2) is 6.54 Å². The molecule has 15 heavy (non-hydrogen) atoms. The Kier molecular flexibility index (Phi) is 7.43. The Morgan fingerprint density at radius 3 is 2.60 bits per heavy atom. The molecule has 0 aliphatic rings. The van der Waals surface area contributed by atoms with Crippen molar-refractivity contribution in [2.24, 2.45) is 5.92 Å². The molecule has 0 spiro atoms. The van der Waals surface area contributed by atoms with Crippen molar-refractivity contribution < 1.29 is 0 Å². The molecule has 1 heteroatoms. The molecule has 0 saturated carbocycles. The Hall–Kier alpha value is -1.24. The number of allylic oxidation sites excluding steroid dienone is 4. The Morgan fingerprint density at radius 2 is 2.13 bits per heavy atom. The largest absolute Gasteiger partial charge is 0.385 e. The van der Waals surface area contributed by atoms with Crippen molar-refractivity contribution in [3.05, 3.63) is 48.7 Å². The van der Waals surface area contributed by atoms with Crippen LogP contribution in [-0.2, 0) is 0 Å². The van der Waals surface area contributed by atoms with Crippen LogP contribution >= 0.6 is 0 Å². The summed E-state index contributed by atoms with van der Waals surface area (Å²) in [4.78, 5) is 0. The van der Waals surface area contributed by atoms with Gasteiger partial charge in [0.05, 0.1) is 0 Å². The highest BCUT2D eigenvalue weighted by Crippen LogP contribution is 2.09. The number of nitrogens with one attached hydrogen (secondary N) is 1. The summed E-state index contributed by atoms with van der Waals surface area (Å²) >= 11 is 0. The Labute approximate surface area is 94.3 Å². The summed E-state index contributed by atoms with van der Waals surface area (Å²) in [6.45, 7) is 14.9. The summed E-state index contributed by atoms with van der Waals surface area (Å²) in [5.41, 5.74) is 2.36. The molecule has 0 rings (SSSR count). The second kappa shape index (κ2) is 8.10. The monoisotopic (exact) mass is 205 g/mol. The van der Waals surface area contributed by atoms with Gasteiger partial charge in [-0.15, -0.1) is 0 Å². The van der Waals surface area contributed by atoms with Gasteiger partial charge in [-0.3, -0.25) is 0 Å². The molecule has 0 heterocycles. The molecule has 0 aromatic carbocycles. The molecule has 84 valence electrons. The van der Waals surface area contributed by atoms with Gasteiger partial charge in [0.25, 0.3) is 0 Å². The lowest BCUT2D eigenvalue weighted by molar-refractivity contribution is 0.603. The summed E-state index contributed by atoms with van der Waals surface area (Å²) in [7, 11) is 0. The fraction of sp³-hybridized carbons (Fsp3) is 0.429. The van der Waals surface area contributed by atoms with Crippen LogP contribution in [0, 0.1) is 5.92 Å². The molecule has 0 aromatic rings. The van der Waals surface area contributed by atoms with Gasteiger partial charge in [-0.05, 0) is 24.8 Å². The van der Waals surface area contributed by atoms with Crippen molar-refractivity contribution in [3.8, 4) is 0 Å². The molecule has 1 atom stereocenters. The van der Waals surface area contributed by atoms with Gasteiger partial charge < -0.3 is 5.32 Å². The first-order valence-corrected chi connectivity index (χ1v) is 5.52. The van der Waals surface area contributed by atoms with Crippen molar-refractivity contribution in [1.82, 2.24) is 5.32 Å². The molecular formula is C14H23N. The molecule has 0 fully saturated rings. The predicted octanol–water partition coefficient (Wildman–Crippen LogP) is 3.82. The van der Waals surface area contributed by atoms with E-state index in [-0.39, 0.29) is 0 Å². The van der Waals surface area contributed by atoms with Crippen molar-refractivity contribution in [2.75, 3.05) is 6.54 Å². The van der Waals surface area contributed by atoms with Crippen molar-refractivity contribution in [3.63, 3.8) is 0 Å². The van der Waals surface area contributed by atoms with E-state index in [1.807, 2.05) is 13.0 Å². The van der Waals surface area contributed by atoms with Crippen molar-refractivity contribution in [1.29, 1.82) is 0 Å². The molecule has 0 aliphatic heterocycles. The lowest BCUT2D eigenvalue weighted by Gasteiger charge is -2.15. The van der Waals surface area contributed by atoms with Crippen molar-refractivity contribution >= 4 is 0 Å². The molecule has 1 nitrogen and oxygen atoms in total. The van der Waals surface area contributed by atoms with Gasteiger partial charge in [-0.25, -0.2) is 0 Å². The van der Waals surface area contributed by atoms with Crippen LogP contribution in [0.15, 0.2) is 48.7 Å². The lowest BCUT2D eigenvalue weighted by Crippen LogP contribution is -2.19. The highest BCUT2D eigenvalue weighted by Gasteiger charge is 2.02. The van der Waals surface area contributed by atoms with E-state index < -0.39 is 0 Å². The molecule has 0 radical (unpaired) electrons. The van der Waals surface area contributed by atoms with Gasteiger partial charge >= 0.3 is 0 Å². The summed E-state index contributed by atoms with van der Waals surface area (Å²) in [6.07, 6.45) is 9.01. The molecule has 1 unspecified atom stereocenters. The quantitative estimate of drug-likeness (QED) is 0.623. The summed E-state index contributed by atoms with van der Waals surface area (Å²) < 4.78 is 0. The molecule has 0 aliphatic carbocycles. The third-order valence-electron chi connectivity index (χ3n) is 2.54. The molecule has 0 aromatic heterocycles. The van der Waals surface area contributed by atoms with Crippen LogP contribution in [0.25, 0.3) is 0 Å². The fourth-order valence-corrected chi connectivity index (χ4v) is 1.09. The number of hydrogen-bond donors (Lipinski definition) is 1. The minimum absolute atomic E-state index is 0.534. The van der Waals surface area contributed by atoms with Gasteiger partial charge in [0.1, 0.15) is 0 Å². The molecule has 0 bridgehead atoms. The fourth-order valence-electron chi connectivity index (χ4n) is 1.09. The van der Waals surface area contributed by atoms with Gasteiger partial charge in [-0.2, -0.15) is 0 Å². The van der Waals surface area contributed by atoms with E-state index in [9.17, 15) is 0 Å². The van der Waals surface area contributed by atoms with Gasteiger partial charge in [0.2, 0.25) is 0 Å². The van der Waals surface area contributed by atoms with Crippen LogP contribution in [0.1, 0.15) is 27.2 Å². The zero-order chi connectivity index (χ0) is 11.7. The molecule has 0 saturated heterocycles. The second-order valence-electron chi connectivity index (χ2n) is 3.65. The topological polar surface area (TPSA) is 12.0 Å². The first-order chi connectivity index (χ1) is 7.15. The highest BCUT2D eigenvalue weighted by atomic mass is 14.9. The minimum Gasteiger partial charge on any atom is -0.385 e. The number of rotatable bonds is 7. The third-order valence-corrected chi connectivity index (χ3v) is 2.54. The Balaban J connectivity index is 4.07. The second-order valence-corrected chi connectivity index (χ2v) is 3.65. The van der Waals surface area contributed by atoms with E-state index in [1.165, 1.54) is 5.57 Å². The van der Waals surface area contributed by atoms with Gasteiger partial charge in [0, 0.05) is 12.2 Å². The molecular weight excluding hydrogens is 182 g/mol. The normalized spacial score (nSPS) is 13.9. The first kappa shape index (κ1) is 13.8. The lowest BCUT2D eigenvalue weighted by atomic mass is 10.1. The van der Waals surface area contributed by atoms with Crippen LogP contribution < -0.4 is 5.32 Å². The maximum Gasteiger partial charge on any atom is 0.0394 e. The number of hydrogen-bond acceptors (Lipinski definition) is 1. The van der Waals surface area contributed by atoms with E-state index in [0.29, 0.717) is 5.92 Å². The zero-order valence-corrected chi connectivity index (χ0v) is 10.2. The third kappa shape index (κ3) is 5.95. The van der Waals surface area contributed by atoms with E-state index in [0.717, 1.165) is 18.7 Å². The van der Waals surface area contributed by atoms with Crippen LogP contribution in [0.4, 0.5) is 0 Å². The minimum atomic E-state index is 0.534. The van der Waals surface area contributed by atoms with E-state index in [1.54, 1.807) is 6.08 Å². The molecule has 1 N–H and O–H groups in total. The van der Waals surface area contributed by atoms with E-state index >= 15 is 0 Å². The maximum absolute atomic E-state index is 4.03. The predicted molar refractivity (Wildman–Crippen MR) is 69.7 cm³/mol. The standard InChI is InChI=1S/C14H23N/c1-6-9-10-14(8-3)11-15-13(5)12(4)7-2/h6,8-10,12,15H,1,5,7,11H2,2-4H3/b10-9-,14-8+. The van der Waals surface area contributed by atoms with E-state index in [4.69, 9.17) is 0 Å². The Morgan fingerprint density at radius 1 is 1.47 bits per heavy atom. The molecule has 0 amide bonds. The average Bonchev–Trinajstić information content (AvgIpc) is 2.27. The SMILES string of the molecule is C=C/C=C\C(=C/C)CNC(=C)C(C)CC. The van der Waals surface area contributed by atoms with Crippen LogP contribution in [0.3, 0.4) is 0 Å². The Bertz CT molecular complexity index is 259. The van der Waals surface area contributed by atoms with Gasteiger partial charge in [0.15, 0.2) is 0 Å². The summed E-state index contributed by atoms with van der Waals surface area (Å²) in [5.74, 6) is 0.534. The van der Waals surface area contributed by atoms with Crippen LogP contribution in [0.5, 0.6) is 0 Å². The van der Waals surface area contributed by atoms with Crippen molar-refractivity contribution in [2.45, 2.75) is 27.2 Å². The summed E-state index contributed by atoms with van der Waals surface area (Å²) in [5, 5.41) is 3.34. The van der Waals surface area contributed by atoms with E-state index in [2.05, 4.69) is 44.5 Å². The van der Waals surface area contributed by atoms with Gasteiger partial charge in [-0.1, -0.05) is 51.3 Å². The smallest absolute Gasteiger partial charge is 0.0394 e.